The molecule has 9 nitrogen and oxygen atoms in total. The Bertz CT molecular complexity index is 1700. The zero-order valence-corrected chi connectivity index (χ0v) is 23.6. The largest absolute Gasteiger partial charge is 0.486 e. The van der Waals surface area contributed by atoms with E-state index in [0.717, 1.165) is 55.4 Å². The average Bonchev–Trinajstić information content (AvgIpc) is 3.88. The SMILES string of the molecule is O=C(Nc1ccc(F)c(NC(=O)c2ccc3nc(CN4CCN(C5CC5)CC4)ccc3c2)c1)c1ccc2c(c1)OCCO2. The molecule has 43 heavy (non-hydrogen) atoms. The molecule has 0 radical (unpaired) electrons. The van der Waals surface area contributed by atoms with Crippen LogP contribution in [0.25, 0.3) is 10.9 Å². The molecule has 7 rings (SSSR count). The molecule has 0 atom stereocenters. The third-order valence-electron chi connectivity index (χ3n) is 8.14. The van der Waals surface area contributed by atoms with Crippen molar-refractivity contribution in [3.8, 4) is 11.5 Å². The van der Waals surface area contributed by atoms with Crippen molar-refractivity contribution in [2.45, 2.75) is 25.4 Å². The summed E-state index contributed by atoms with van der Waals surface area (Å²) in [6, 6.07) is 19.0. The number of rotatable bonds is 7. The molecule has 0 spiro atoms. The van der Waals surface area contributed by atoms with Crippen molar-refractivity contribution in [2.24, 2.45) is 0 Å². The van der Waals surface area contributed by atoms with Crippen LogP contribution in [0.4, 0.5) is 15.8 Å². The van der Waals surface area contributed by atoms with Crippen LogP contribution in [0.15, 0.2) is 66.7 Å². The van der Waals surface area contributed by atoms with Crippen LogP contribution in [0, 0.1) is 5.82 Å². The number of hydrogen-bond donors (Lipinski definition) is 2. The van der Waals surface area contributed by atoms with Gasteiger partial charge in [-0.3, -0.25) is 24.4 Å². The van der Waals surface area contributed by atoms with E-state index in [1.165, 1.54) is 31.0 Å². The van der Waals surface area contributed by atoms with Gasteiger partial charge in [0.1, 0.15) is 19.0 Å². The van der Waals surface area contributed by atoms with E-state index in [4.69, 9.17) is 14.5 Å². The molecule has 1 saturated heterocycles. The molecule has 2 aliphatic heterocycles. The molecule has 220 valence electrons. The lowest BCUT2D eigenvalue weighted by Crippen LogP contribution is -2.46. The molecule has 2 fully saturated rings. The maximum atomic E-state index is 14.7. The van der Waals surface area contributed by atoms with E-state index in [9.17, 15) is 14.0 Å². The Balaban J connectivity index is 0.997. The number of hydrogen-bond acceptors (Lipinski definition) is 7. The van der Waals surface area contributed by atoms with E-state index < -0.39 is 17.6 Å². The number of carbonyl (C=O) groups excluding carboxylic acids is 2. The Morgan fingerprint density at radius 3 is 2.37 bits per heavy atom. The van der Waals surface area contributed by atoms with Gasteiger partial charge < -0.3 is 20.1 Å². The molecule has 10 heteroatoms. The van der Waals surface area contributed by atoms with Gasteiger partial charge in [0.05, 0.1) is 16.9 Å². The second-order valence-electron chi connectivity index (χ2n) is 11.2. The molecule has 1 aliphatic carbocycles. The van der Waals surface area contributed by atoms with Crippen molar-refractivity contribution >= 4 is 34.1 Å². The molecule has 1 aromatic heterocycles. The first-order chi connectivity index (χ1) is 21.0. The van der Waals surface area contributed by atoms with Crippen LogP contribution < -0.4 is 20.1 Å². The minimum Gasteiger partial charge on any atom is -0.486 e. The Kier molecular flexibility index (Phi) is 7.38. The molecule has 3 aliphatic rings. The van der Waals surface area contributed by atoms with Crippen LogP contribution >= 0.6 is 0 Å². The first-order valence-corrected chi connectivity index (χ1v) is 14.7. The first-order valence-electron chi connectivity index (χ1n) is 14.7. The van der Waals surface area contributed by atoms with E-state index >= 15 is 0 Å². The molecule has 2 amide bonds. The number of ether oxygens (including phenoxy) is 2. The average molecular weight is 582 g/mol. The molecule has 0 unspecified atom stereocenters. The van der Waals surface area contributed by atoms with Gasteiger partial charge >= 0.3 is 0 Å². The van der Waals surface area contributed by atoms with Gasteiger partial charge in [0.25, 0.3) is 11.8 Å². The number of fused-ring (bicyclic) bond motifs is 2. The van der Waals surface area contributed by atoms with Crippen LogP contribution in [-0.4, -0.2) is 72.0 Å². The van der Waals surface area contributed by atoms with E-state index in [2.05, 4.69) is 20.4 Å². The predicted octanol–water partition coefficient (Wildman–Crippen LogP) is 4.93. The van der Waals surface area contributed by atoms with Gasteiger partial charge in [0.15, 0.2) is 11.5 Å². The van der Waals surface area contributed by atoms with Crippen molar-refractivity contribution in [1.82, 2.24) is 14.8 Å². The predicted molar refractivity (Wildman–Crippen MR) is 161 cm³/mol. The van der Waals surface area contributed by atoms with Crippen LogP contribution in [-0.2, 0) is 6.54 Å². The molecular weight excluding hydrogens is 549 g/mol. The summed E-state index contributed by atoms with van der Waals surface area (Å²) in [4.78, 5) is 35.8. The van der Waals surface area contributed by atoms with Crippen LogP contribution in [0.3, 0.4) is 0 Å². The number of aromatic nitrogens is 1. The highest BCUT2D eigenvalue weighted by Crippen LogP contribution is 2.31. The summed E-state index contributed by atoms with van der Waals surface area (Å²) in [5.41, 5.74) is 2.84. The minimum absolute atomic E-state index is 0.0414. The van der Waals surface area contributed by atoms with Gasteiger partial charge in [-0.25, -0.2) is 4.39 Å². The summed E-state index contributed by atoms with van der Waals surface area (Å²) in [6.07, 6.45) is 2.68. The second kappa shape index (κ2) is 11.6. The highest BCUT2D eigenvalue weighted by Gasteiger charge is 2.31. The van der Waals surface area contributed by atoms with Crippen LogP contribution in [0.5, 0.6) is 11.5 Å². The fourth-order valence-corrected chi connectivity index (χ4v) is 5.63. The van der Waals surface area contributed by atoms with Gasteiger partial charge in [-0.2, -0.15) is 0 Å². The Labute approximate surface area is 248 Å². The van der Waals surface area contributed by atoms with Crippen molar-refractivity contribution in [1.29, 1.82) is 0 Å². The lowest BCUT2D eigenvalue weighted by molar-refractivity contribution is 0.101. The lowest BCUT2D eigenvalue weighted by Gasteiger charge is -2.34. The molecule has 3 aromatic carbocycles. The molecule has 1 saturated carbocycles. The first kappa shape index (κ1) is 27.3. The number of amides is 2. The summed E-state index contributed by atoms with van der Waals surface area (Å²) in [6.45, 7) is 6.00. The number of benzene rings is 3. The van der Waals surface area contributed by atoms with E-state index in [1.54, 1.807) is 30.3 Å². The molecule has 4 aromatic rings. The number of nitrogens with one attached hydrogen (secondary N) is 2. The highest BCUT2D eigenvalue weighted by atomic mass is 19.1. The van der Waals surface area contributed by atoms with Crippen LogP contribution in [0.2, 0.25) is 0 Å². The number of halogens is 1. The van der Waals surface area contributed by atoms with E-state index in [0.29, 0.717) is 41.5 Å². The van der Waals surface area contributed by atoms with Crippen molar-refractivity contribution in [3.63, 3.8) is 0 Å². The van der Waals surface area contributed by atoms with Crippen molar-refractivity contribution in [3.05, 3.63) is 89.4 Å². The Morgan fingerprint density at radius 2 is 1.56 bits per heavy atom. The number of piperazine rings is 1. The smallest absolute Gasteiger partial charge is 0.255 e. The molecule has 2 N–H and O–H groups in total. The van der Waals surface area contributed by atoms with Gasteiger partial charge in [0, 0.05) is 61.0 Å². The quantitative estimate of drug-likeness (QED) is 0.320. The monoisotopic (exact) mass is 581 g/mol. The minimum atomic E-state index is -0.615. The molecule has 3 heterocycles. The normalized spacial score (nSPS) is 17.0. The summed E-state index contributed by atoms with van der Waals surface area (Å²) >= 11 is 0. The zero-order chi connectivity index (χ0) is 29.3. The Morgan fingerprint density at radius 1 is 0.814 bits per heavy atom. The second-order valence-corrected chi connectivity index (χ2v) is 11.2. The summed E-state index contributed by atoms with van der Waals surface area (Å²) in [5.74, 6) is -0.403. The topological polar surface area (TPSA) is 96.0 Å². The number of carbonyl (C=O) groups is 2. The van der Waals surface area contributed by atoms with E-state index in [-0.39, 0.29) is 5.69 Å². The highest BCUT2D eigenvalue weighted by molar-refractivity contribution is 6.07. The number of nitrogens with zero attached hydrogens (tertiary/aromatic N) is 3. The van der Waals surface area contributed by atoms with Gasteiger partial charge in [-0.1, -0.05) is 6.07 Å². The molecule has 0 bridgehead atoms. The van der Waals surface area contributed by atoms with Gasteiger partial charge in [-0.05, 0) is 73.5 Å². The van der Waals surface area contributed by atoms with Crippen molar-refractivity contribution in [2.75, 3.05) is 50.0 Å². The fraction of sp³-hybridized carbons (Fsp3) is 0.303. The zero-order valence-electron chi connectivity index (χ0n) is 23.6. The number of anilines is 2. The summed E-state index contributed by atoms with van der Waals surface area (Å²) < 4.78 is 25.7. The maximum absolute atomic E-state index is 14.7. The van der Waals surface area contributed by atoms with Crippen molar-refractivity contribution < 1.29 is 23.5 Å². The number of pyridine rings is 1. The Hall–Kier alpha value is -4.54. The van der Waals surface area contributed by atoms with Gasteiger partial charge in [0.2, 0.25) is 0 Å². The van der Waals surface area contributed by atoms with Gasteiger partial charge in [-0.15, -0.1) is 0 Å². The van der Waals surface area contributed by atoms with Crippen LogP contribution in [0.1, 0.15) is 39.3 Å². The maximum Gasteiger partial charge on any atom is 0.255 e. The third-order valence-corrected chi connectivity index (χ3v) is 8.14. The summed E-state index contributed by atoms with van der Waals surface area (Å²) in [5, 5.41) is 6.21. The fourth-order valence-electron chi connectivity index (χ4n) is 5.63. The lowest BCUT2D eigenvalue weighted by atomic mass is 10.1. The third kappa shape index (κ3) is 6.16. The van der Waals surface area contributed by atoms with E-state index in [1.807, 2.05) is 18.2 Å². The summed E-state index contributed by atoms with van der Waals surface area (Å²) in [7, 11) is 0. The molecular formula is C33H32FN5O4. The standard InChI is InChI=1S/C33H32FN5O4/c34-27-8-5-24(36-32(40)23-3-10-30-31(18-23)43-16-15-42-30)19-29(27)37-33(41)22-2-9-28-21(17-22)1-4-25(35-28)20-38-11-13-39(14-12-38)26-6-7-26/h1-5,8-10,17-19,26H,6-7,11-16,20H2,(H,36,40)(H,37,41).